The van der Waals surface area contributed by atoms with Crippen LogP contribution in [0.25, 0.3) is 0 Å². The van der Waals surface area contributed by atoms with Crippen LogP contribution in [0.3, 0.4) is 0 Å². The molecule has 0 bridgehead atoms. The minimum Gasteiger partial charge on any atom is -0.480 e. The number of hydrogen-bond donors (Lipinski definition) is 3. The number of hydrogen-bond acceptors (Lipinski definition) is 3. The molecule has 0 saturated heterocycles. The van der Waals surface area contributed by atoms with Gasteiger partial charge in [0.05, 0.1) is 6.20 Å². The lowest BCUT2D eigenvalue weighted by molar-refractivity contribution is -0.142. The highest BCUT2D eigenvalue weighted by Gasteiger charge is 2.37. The van der Waals surface area contributed by atoms with Crippen molar-refractivity contribution in [1.82, 2.24) is 15.5 Å². The zero-order valence-corrected chi connectivity index (χ0v) is 13.2. The molecule has 0 radical (unpaired) electrons. The number of H-pyrrole nitrogens is 1. The number of nitrogens with one attached hydrogen (secondary N) is 2. The lowest BCUT2D eigenvalue weighted by Gasteiger charge is -2.16. The monoisotopic (exact) mass is 347 g/mol. The smallest absolute Gasteiger partial charge is 0.433 e. The minimum atomic E-state index is -4.58. The van der Waals surface area contributed by atoms with Crippen LogP contribution < -0.4 is 5.32 Å². The molecular weight excluding hydrogens is 327 g/mol. The maximum atomic E-state index is 12.7. The fourth-order valence-corrected chi connectivity index (χ4v) is 2.45. The first-order valence-corrected chi connectivity index (χ1v) is 7.72. The van der Waals surface area contributed by atoms with Crippen molar-refractivity contribution >= 4 is 11.9 Å². The van der Waals surface area contributed by atoms with Gasteiger partial charge in [0.25, 0.3) is 0 Å². The number of carboxylic acids is 1. The number of aromatic amines is 1. The van der Waals surface area contributed by atoms with E-state index in [0.717, 1.165) is 19.0 Å². The molecule has 9 heteroatoms. The molecule has 0 aliphatic heterocycles. The molecule has 1 heterocycles. The fraction of sp³-hybridized carbons (Fsp3) is 0.667. The summed E-state index contributed by atoms with van der Waals surface area (Å²) in [6, 6.07) is -1.22. The van der Waals surface area contributed by atoms with E-state index < -0.39 is 29.8 Å². The van der Waals surface area contributed by atoms with Crippen LogP contribution >= 0.6 is 0 Å². The topological polar surface area (TPSA) is 95.1 Å². The predicted molar refractivity (Wildman–Crippen MR) is 78.1 cm³/mol. The normalized spacial score (nSPS) is 17.3. The van der Waals surface area contributed by atoms with Gasteiger partial charge in [-0.25, -0.2) is 4.79 Å². The number of carbonyl (C=O) groups excluding carboxylic acids is 1. The summed E-state index contributed by atoms with van der Waals surface area (Å²) in [5, 5.41) is 16.8. The van der Waals surface area contributed by atoms with Crippen molar-refractivity contribution in [3.63, 3.8) is 0 Å². The molecule has 1 aliphatic carbocycles. The van der Waals surface area contributed by atoms with Gasteiger partial charge in [-0.1, -0.05) is 6.92 Å². The van der Waals surface area contributed by atoms with Crippen molar-refractivity contribution in [3.05, 3.63) is 17.5 Å². The van der Waals surface area contributed by atoms with Gasteiger partial charge in [0, 0.05) is 12.0 Å². The van der Waals surface area contributed by atoms with E-state index in [1.165, 1.54) is 0 Å². The Morgan fingerprint density at radius 1 is 1.46 bits per heavy atom. The Hall–Kier alpha value is -2.06. The Kier molecular flexibility index (Phi) is 5.19. The SMILES string of the molecule is CC1(CCC(=O)NC(CCc2cn[nH]c2C(F)(F)F)C(=O)O)CC1. The average Bonchev–Trinajstić information content (AvgIpc) is 3.01. The second kappa shape index (κ2) is 6.82. The molecule has 3 N–H and O–H groups in total. The number of aryl methyl sites for hydroxylation is 1. The number of rotatable bonds is 8. The van der Waals surface area contributed by atoms with Crippen molar-refractivity contribution in [3.8, 4) is 0 Å². The Morgan fingerprint density at radius 3 is 2.67 bits per heavy atom. The van der Waals surface area contributed by atoms with E-state index in [-0.39, 0.29) is 30.2 Å². The van der Waals surface area contributed by atoms with Crippen LogP contribution in [0.15, 0.2) is 6.20 Å². The molecule has 2 rings (SSSR count). The first-order valence-electron chi connectivity index (χ1n) is 7.72. The minimum absolute atomic E-state index is 0.117. The van der Waals surface area contributed by atoms with E-state index in [4.69, 9.17) is 5.11 Å². The summed E-state index contributed by atoms with van der Waals surface area (Å²) in [7, 11) is 0. The van der Waals surface area contributed by atoms with Crippen molar-refractivity contribution in [2.24, 2.45) is 5.41 Å². The fourth-order valence-electron chi connectivity index (χ4n) is 2.45. The summed E-state index contributed by atoms with van der Waals surface area (Å²) in [5.74, 6) is -1.66. The maximum Gasteiger partial charge on any atom is 0.433 e. The predicted octanol–water partition coefficient (Wildman–Crippen LogP) is 2.51. The second-order valence-electron chi connectivity index (χ2n) is 6.58. The quantitative estimate of drug-likeness (QED) is 0.673. The number of amides is 1. The highest BCUT2D eigenvalue weighted by Crippen LogP contribution is 2.48. The lowest BCUT2D eigenvalue weighted by Crippen LogP contribution is -2.41. The van der Waals surface area contributed by atoms with E-state index in [2.05, 4.69) is 17.3 Å². The third kappa shape index (κ3) is 4.97. The van der Waals surface area contributed by atoms with Crippen molar-refractivity contribution in [2.45, 2.75) is 57.7 Å². The van der Waals surface area contributed by atoms with Gasteiger partial charge in [-0.3, -0.25) is 9.89 Å². The highest BCUT2D eigenvalue weighted by atomic mass is 19.4. The van der Waals surface area contributed by atoms with Crippen LogP contribution in [0, 0.1) is 5.41 Å². The number of nitrogens with zero attached hydrogens (tertiary/aromatic N) is 1. The summed E-state index contributed by atoms with van der Waals surface area (Å²) >= 11 is 0. The van der Waals surface area contributed by atoms with Crippen LogP contribution in [-0.2, 0) is 22.2 Å². The van der Waals surface area contributed by atoms with Crippen LogP contribution in [-0.4, -0.2) is 33.2 Å². The standard InChI is InChI=1S/C15H20F3N3O3/c1-14(6-7-14)5-4-11(22)20-10(13(23)24)3-2-9-8-19-21-12(9)15(16,17)18/h8,10H,2-7H2,1H3,(H,19,21)(H,20,22)(H,23,24). The number of carboxylic acid groups (broad SMARTS) is 1. The maximum absolute atomic E-state index is 12.7. The number of aromatic nitrogens is 2. The molecule has 6 nitrogen and oxygen atoms in total. The highest BCUT2D eigenvalue weighted by molar-refractivity contribution is 5.83. The van der Waals surface area contributed by atoms with Gasteiger partial charge in [0.1, 0.15) is 11.7 Å². The molecule has 24 heavy (non-hydrogen) atoms. The van der Waals surface area contributed by atoms with E-state index in [9.17, 15) is 22.8 Å². The third-order valence-corrected chi connectivity index (χ3v) is 4.40. The Balaban J connectivity index is 1.88. The summed E-state index contributed by atoms with van der Waals surface area (Å²) in [6.07, 6.45) is -0.816. The largest absolute Gasteiger partial charge is 0.480 e. The molecule has 1 atom stereocenters. The van der Waals surface area contributed by atoms with Crippen molar-refractivity contribution in [1.29, 1.82) is 0 Å². The number of halogens is 3. The molecule has 1 aromatic heterocycles. The molecule has 1 aliphatic rings. The Bertz CT molecular complexity index is 609. The number of alkyl halides is 3. The molecule has 1 unspecified atom stereocenters. The average molecular weight is 347 g/mol. The van der Waals surface area contributed by atoms with Crippen LogP contribution in [0.4, 0.5) is 13.2 Å². The molecule has 1 fully saturated rings. The van der Waals surface area contributed by atoms with Gasteiger partial charge in [-0.15, -0.1) is 0 Å². The van der Waals surface area contributed by atoms with E-state index in [1.54, 1.807) is 0 Å². The first-order chi connectivity index (χ1) is 11.1. The molecule has 1 aromatic rings. The van der Waals surface area contributed by atoms with Crippen molar-refractivity contribution in [2.75, 3.05) is 0 Å². The Labute approximate surface area is 136 Å². The lowest BCUT2D eigenvalue weighted by atomic mass is 10.0. The zero-order chi connectivity index (χ0) is 18.0. The van der Waals surface area contributed by atoms with Gasteiger partial charge in [-0.05, 0) is 37.5 Å². The Morgan fingerprint density at radius 2 is 2.12 bits per heavy atom. The number of carbonyl (C=O) groups is 2. The van der Waals surface area contributed by atoms with Crippen LogP contribution in [0.5, 0.6) is 0 Å². The third-order valence-electron chi connectivity index (χ3n) is 4.40. The second-order valence-corrected chi connectivity index (χ2v) is 6.58. The van der Waals surface area contributed by atoms with Gasteiger partial charge < -0.3 is 10.4 Å². The van der Waals surface area contributed by atoms with E-state index in [1.807, 2.05) is 5.10 Å². The van der Waals surface area contributed by atoms with Gasteiger partial charge >= 0.3 is 12.1 Å². The first kappa shape index (κ1) is 18.3. The summed E-state index contributed by atoms with van der Waals surface area (Å²) in [4.78, 5) is 23.1. The molecule has 1 saturated carbocycles. The van der Waals surface area contributed by atoms with Crippen molar-refractivity contribution < 1.29 is 27.9 Å². The summed E-state index contributed by atoms with van der Waals surface area (Å²) in [6.45, 7) is 2.06. The van der Waals surface area contributed by atoms with Crippen LogP contribution in [0.2, 0.25) is 0 Å². The zero-order valence-electron chi connectivity index (χ0n) is 13.2. The molecule has 134 valence electrons. The van der Waals surface area contributed by atoms with Gasteiger partial charge in [0.15, 0.2) is 0 Å². The van der Waals surface area contributed by atoms with Gasteiger partial charge in [0.2, 0.25) is 5.91 Å². The van der Waals surface area contributed by atoms with Gasteiger partial charge in [-0.2, -0.15) is 18.3 Å². The molecule has 1 amide bonds. The number of aliphatic carboxylic acids is 1. The van der Waals surface area contributed by atoms with E-state index >= 15 is 0 Å². The van der Waals surface area contributed by atoms with Crippen LogP contribution in [0.1, 0.15) is 50.3 Å². The summed E-state index contributed by atoms with van der Waals surface area (Å²) < 4.78 is 38.2. The molecule has 0 aromatic carbocycles. The molecule has 0 spiro atoms. The van der Waals surface area contributed by atoms with E-state index in [0.29, 0.717) is 6.42 Å². The summed E-state index contributed by atoms with van der Waals surface area (Å²) in [5.41, 5.74) is -0.929. The molecular formula is C15H20F3N3O3.